The molecule has 0 saturated heterocycles. The zero-order valence-electron chi connectivity index (χ0n) is 9.60. The second-order valence-corrected chi connectivity index (χ2v) is 4.61. The lowest BCUT2D eigenvalue weighted by molar-refractivity contribution is -0.143. The number of alkyl halides is 3. The predicted molar refractivity (Wildman–Crippen MR) is 54.2 cm³/mol. The van der Waals surface area contributed by atoms with Crippen LogP contribution in [0, 0.1) is 0 Å². The highest BCUT2D eigenvalue weighted by Crippen LogP contribution is 2.37. The van der Waals surface area contributed by atoms with Crippen LogP contribution >= 0.6 is 0 Å². The first-order chi connectivity index (χ1) is 7.71. The Morgan fingerprint density at radius 1 is 1.35 bits per heavy atom. The van der Waals surface area contributed by atoms with Crippen molar-refractivity contribution in [3.63, 3.8) is 0 Å². The molecule has 2 N–H and O–H groups in total. The first-order valence-corrected chi connectivity index (χ1v) is 5.31. The molecule has 7 heteroatoms. The maximum atomic E-state index is 12.9. The normalized spacial score (nSPS) is 17.1. The van der Waals surface area contributed by atoms with E-state index in [0.29, 0.717) is 25.5 Å². The van der Waals surface area contributed by atoms with E-state index in [0.717, 1.165) is 0 Å². The molecule has 1 aromatic rings. The fourth-order valence-electron chi connectivity index (χ4n) is 2.08. The van der Waals surface area contributed by atoms with Crippen molar-refractivity contribution in [2.75, 3.05) is 6.54 Å². The number of aliphatic hydroxyl groups is 1. The third-order valence-electron chi connectivity index (χ3n) is 2.69. The van der Waals surface area contributed by atoms with Crippen LogP contribution in [0.3, 0.4) is 0 Å². The highest BCUT2D eigenvalue weighted by atomic mass is 19.4. The van der Waals surface area contributed by atoms with Gasteiger partial charge in [0.2, 0.25) is 0 Å². The van der Waals surface area contributed by atoms with Crippen molar-refractivity contribution in [1.29, 1.82) is 0 Å². The molecule has 0 saturated carbocycles. The fraction of sp³-hybridized carbons (Fsp3) is 0.700. The van der Waals surface area contributed by atoms with Crippen molar-refractivity contribution in [2.45, 2.75) is 38.7 Å². The van der Waals surface area contributed by atoms with E-state index in [2.05, 4.69) is 10.3 Å². The van der Waals surface area contributed by atoms with E-state index in [1.807, 2.05) is 0 Å². The number of fused-ring (bicyclic) bond motifs is 1. The number of halogens is 3. The molecule has 0 radical (unpaired) electrons. The lowest BCUT2D eigenvalue weighted by Crippen LogP contribution is -2.32. The molecule has 0 atom stereocenters. The second-order valence-electron chi connectivity index (χ2n) is 4.61. The van der Waals surface area contributed by atoms with Crippen LogP contribution in [-0.4, -0.2) is 21.2 Å². The van der Waals surface area contributed by atoms with E-state index in [1.165, 1.54) is 18.4 Å². The van der Waals surface area contributed by atoms with Gasteiger partial charge in [0.15, 0.2) is 5.69 Å². The quantitative estimate of drug-likeness (QED) is 0.787. The van der Waals surface area contributed by atoms with Crippen LogP contribution in [0.25, 0.3) is 0 Å². The predicted octanol–water partition coefficient (Wildman–Crippen LogP) is 1.23. The minimum Gasteiger partial charge on any atom is -0.384 e. The van der Waals surface area contributed by atoms with Crippen molar-refractivity contribution in [3.8, 4) is 0 Å². The second kappa shape index (κ2) is 3.71. The topological polar surface area (TPSA) is 50.1 Å². The largest absolute Gasteiger partial charge is 0.435 e. The van der Waals surface area contributed by atoms with Gasteiger partial charge in [-0.1, -0.05) is 0 Å². The smallest absolute Gasteiger partial charge is 0.384 e. The average Bonchev–Trinajstić information content (AvgIpc) is 2.54. The Balaban J connectivity index is 2.64. The van der Waals surface area contributed by atoms with Crippen molar-refractivity contribution >= 4 is 0 Å². The summed E-state index contributed by atoms with van der Waals surface area (Å²) in [6.07, 6.45) is -4.54. The molecule has 17 heavy (non-hydrogen) atoms. The molecule has 1 aliphatic rings. The van der Waals surface area contributed by atoms with Gasteiger partial charge >= 0.3 is 6.18 Å². The molecule has 4 nitrogen and oxygen atoms in total. The summed E-state index contributed by atoms with van der Waals surface area (Å²) in [7, 11) is 0. The van der Waals surface area contributed by atoms with E-state index in [-0.39, 0.29) is 5.69 Å². The van der Waals surface area contributed by atoms with Crippen molar-refractivity contribution in [3.05, 3.63) is 17.2 Å². The molecule has 0 aromatic carbocycles. The summed E-state index contributed by atoms with van der Waals surface area (Å²) in [6, 6.07) is 0. The van der Waals surface area contributed by atoms with Crippen molar-refractivity contribution < 1.29 is 18.3 Å². The number of hydrogen-bond donors (Lipinski definition) is 2. The van der Waals surface area contributed by atoms with Gasteiger partial charge < -0.3 is 15.0 Å². The van der Waals surface area contributed by atoms with E-state index in [9.17, 15) is 18.3 Å². The van der Waals surface area contributed by atoms with E-state index in [4.69, 9.17) is 0 Å². The number of rotatable bonds is 1. The van der Waals surface area contributed by atoms with Gasteiger partial charge in [-0.15, -0.1) is 0 Å². The zero-order chi connectivity index (χ0) is 12.8. The van der Waals surface area contributed by atoms with Gasteiger partial charge in [0, 0.05) is 13.1 Å². The number of hydrogen-bond acceptors (Lipinski definition) is 3. The molecule has 1 aliphatic heterocycles. The molecule has 0 amide bonds. The van der Waals surface area contributed by atoms with Gasteiger partial charge in [-0.25, -0.2) is 4.98 Å². The molecule has 1 aromatic heterocycles. The third kappa shape index (κ3) is 2.16. The highest BCUT2D eigenvalue weighted by molar-refractivity contribution is 5.26. The van der Waals surface area contributed by atoms with Crippen LogP contribution < -0.4 is 5.32 Å². The van der Waals surface area contributed by atoms with Crippen LogP contribution in [0.15, 0.2) is 0 Å². The van der Waals surface area contributed by atoms with E-state index < -0.39 is 17.5 Å². The molecule has 0 aliphatic carbocycles. The average molecular weight is 249 g/mol. The number of nitrogens with zero attached hydrogens (tertiary/aromatic N) is 2. The molecule has 0 bridgehead atoms. The summed E-state index contributed by atoms with van der Waals surface area (Å²) in [5, 5.41) is 12.8. The van der Waals surface area contributed by atoms with Gasteiger partial charge in [-0.05, 0) is 13.8 Å². The van der Waals surface area contributed by atoms with Gasteiger partial charge in [0.25, 0.3) is 0 Å². The molecular formula is C10H14F3N3O. The minimum atomic E-state index is -4.54. The molecule has 0 fully saturated rings. The lowest BCUT2D eigenvalue weighted by Gasteiger charge is -2.24. The SMILES string of the molecule is CC(C)(O)c1c(C(F)(F)F)nc2n1CCNC2. The van der Waals surface area contributed by atoms with Crippen LogP contribution in [0.1, 0.15) is 31.1 Å². The van der Waals surface area contributed by atoms with Gasteiger partial charge in [0.05, 0.1) is 12.2 Å². The Morgan fingerprint density at radius 3 is 2.53 bits per heavy atom. The molecule has 96 valence electrons. The lowest BCUT2D eigenvalue weighted by atomic mass is 10.0. The first kappa shape index (κ1) is 12.4. The summed E-state index contributed by atoms with van der Waals surface area (Å²) in [5.74, 6) is 0.320. The van der Waals surface area contributed by atoms with Crippen LogP contribution in [-0.2, 0) is 24.9 Å². The zero-order valence-corrected chi connectivity index (χ0v) is 9.60. The van der Waals surface area contributed by atoms with Crippen LogP contribution in [0.2, 0.25) is 0 Å². The summed E-state index contributed by atoms with van der Waals surface area (Å²) < 4.78 is 40.0. The Morgan fingerprint density at radius 2 is 2.00 bits per heavy atom. The third-order valence-corrected chi connectivity index (χ3v) is 2.69. The van der Waals surface area contributed by atoms with E-state index in [1.54, 1.807) is 0 Å². The molecule has 0 spiro atoms. The highest BCUT2D eigenvalue weighted by Gasteiger charge is 2.43. The summed E-state index contributed by atoms with van der Waals surface area (Å²) >= 11 is 0. The molecule has 0 unspecified atom stereocenters. The summed E-state index contributed by atoms with van der Waals surface area (Å²) in [5.41, 5.74) is -2.70. The fourth-order valence-corrected chi connectivity index (χ4v) is 2.08. The minimum absolute atomic E-state index is 0.151. The maximum absolute atomic E-state index is 12.9. The summed E-state index contributed by atoms with van der Waals surface area (Å²) in [4.78, 5) is 3.60. The Hall–Kier alpha value is -1.08. The summed E-state index contributed by atoms with van der Waals surface area (Å²) in [6.45, 7) is 3.93. The Bertz CT molecular complexity index is 431. The molecule has 2 rings (SSSR count). The number of imidazole rings is 1. The monoisotopic (exact) mass is 249 g/mol. The van der Waals surface area contributed by atoms with Crippen LogP contribution in [0.5, 0.6) is 0 Å². The van der Waals surface area contributed by atoms with Gasteiger partial charge in [-0.2, -0.15) is 13.2 Å². The first-order valence-electron chi connectivity index (χ1n) is 5.31. The molecular weight excluding hydrogens is 235 g/mol. The van der Waals surface area contributed by atoms with Crippen molar-refractivity contribution in [1.82, 2.24) is 14.9 Å². The van der Waals surface area contributed by atoms with Crippen molar-refractivity contribution in [2.24, 2.45) is 0 Å². The van der Waals surface area contributed by atoms with Gasteiger partial charge in [0.1, 0.15) is 11.4 Å². The Kier molecular flexibility index (Phi) is 2.70. The molecule has 2 heterocycles. The number of nitrogens with one attached hydrogen (secondary N) is 1. The standard InChI is InChI=1S/C10H14F3N3O/c1-9(2,17)8-7(10(11,12)13)15-6-5-14-3-4-16(6)8/h14,17H,3-5H2,1-2H3. The van der Waals surface area contributed by atoms with E-state index >= 15 is 0 Å². The maximum Gasteiger partial charge on any atom is 0.435 e. The van der Waals surface area contributed by atoms with Gasteiger partial charge in [-0.3, -0.25) is 0 Å². The Labute approximate surface area is 96.5 Å². The number of aromatic nitrogens is 2. The van der Waals surface area contributed by atoms with Crippen LogP contribution in [0.4, 0.5) is 13.2 Å².